The normalized spacial score (nSPS) is 10.7. The maximum Gasteiger partial charge on any atom is 0.231 e. The van der Waals surface area contributed by atoms with Gasteiger partial charge in [-0.1, -0.05) is 22.9 Å². The van der Waals surface area contributed by atoms with E-state index in [1.54, 1.807) is 18.2 Å². The molecule has 3 N–H and O–H groups in total. The van der Waals surface area contributed by atoms with Crippen LogP contribution in [-0.2, 0) is 11.3 Å². The van der Waals surface area contributed by atoms with Crippen molar-refractivity contribution >= 4 is 21.8 Å². The highest BCUT2D eigenvalue weighted by molar-refractivity contribution is 9.10. The van der Waals surface area contributed by atoms with E-state index in [1.807, 2.05) is 11.8 Å². The number of hydrogen-bond acceptors (Lipinski definition) is 3. The van der Waals surface area contributed by atoms with Crippen molar-refractivity contribution in [2.75, 3.05) is 13.1 Å². The quantitative estimate of drug-likeness (QED) is 0.861. The van der Waals surface area contributed by atoms with Gasteiger partial charge in [-0.15, -0.1) is 0 Å². The van der Waals surface area contributed by atoms with Crippen LogP contribution in [0.5, 0.6) is 5.75 Å². The lowest BCUT2D eigenvalue weighted by molar-refractivity contribution is -0.119. The number of halogens is 1. The molecule has 0 saturated carbocycles. The molecule has 0 spiro atoms. The van der Waals surface area contributed by atoms with Crippen molar-refractivity contribution in [3.05, 3.63) is 28.2 Å². The van der Waals surface area contributed by atoms with E-state index < -0.39 is 0 Å². The van der Waals surface area contributed by atoms with Crippen LogP contribution < -0.4 is 5.73 Å². The predicted octanol–water partition coefficient (Wildman–Crippen LogP) is 1.46. The molecule has 1 aromatic rings. The van der Waals surface area contributed by atoms with Gasteiger partial charge in [0.2, 0.25) is 5.91 Å². The van der Waals surface area contributed by atoms with Crippen LogP contribution in [0.4, 0.5) is 0 Å². The third kappa shape index (κ3) is 3.83. The molecule has 0 atom stereocenters. The summed E-state index contributed by atoms with van der Waals surface area (Å²) in [6.07, 6.45) is 0. The smallest absolute Gasteiger partial charge is 0.231 e. The first-order chi connectivity index (χ1) is 7.52. The second-order valence-corrected chi connectivity index (χ2v) is 4.40. The van der Waals surface area contributed by atoms with Crippen LogP contribution >= 0.6 is 15.9 Å². The number of likely N-dealkylation sites (N-methyl/N-ethyl adjacent to an activating group) is 1. The minimum absolute atomic E-state index is 0.216. The molecular weight excluding hydrogens is 272 g/mol. The molecule has 0 aromatic heterocycles. The van der Waals surface area contributed by atoms with Crippen LogP contribution in [0.15, 0.2) is 22.7 Å². The summed E-state index contributed by atoms with van der Waals surface area (Å²) in [4.78, 5) is 12.7. The fourth-order valence-corrected chi connectivity index (χ4v) is 1.80. The summed E-state index contributed by atoms with van der Waals surface area (Å²) in [5.74, 6) is -0.133. The van der Waals surface area contributed by atoms with Gasteiger partial charge in [0.25, 0.3) is 0 Å². The minimum atomic E-state index is -0.349. The molecule has 0 aliphatic rings. The Balaban J connectivity index is 2.77. The molecule has 0 unspecified atom stereocenters. The second kappa shape index (κ2) is 5.86. The van der Waals surface area contributed by atoms with E-state index in [9.17, 15) is 9.90 Å². The van der Waals surface area contributed by atoms with E-state index in [2.05, 4.69) is 15.9 Å². The van der Waals surface area contributed by atoms with Crippen LogP contribution in [0.3, 0.4) is 0 Å². The number of primary amides is 1. The van der Waals surface area contributed by atoms with Crippen molar-refractivity contribution in [3.63, 3.8) is 0 Å². The first-order valence-corrected chi connectivity index (χ1v) is 5.80. The van der Waals surface area contributed by atoms with Gasteiger partial charge in [-0.25, -0.2) is 0 Å². The first-order valence-electron chi connectivity index (χ1n) is 5.01. The number of nitrogens with two attached hydrogens (primary N) is 1. The van der Waals surface area contributed by atoms with Crippen molar-refractivity contribution in [2.45, 2.75) is 13.5 Å². The monoisotopic (exact) mass is 286 g/mol. The third-order valence-electron chi connectivity index (χ3n) is 2.25. The lowest BCUT2D eigenvalue weighted by atomic mass is 10.2. The van der Waals surface area contributed by atoms with E-state index in [0.717, 1.165) is 16.6 Å². The molecule has 0 radical (unpaired) electrons. The van der Waals surface area contributed by atoms with Crippen molar-refractivity contribution in [2.24, 2.45) is 5.73 Å². The summed E-state index contributed by atoms with van der Waals surface area (Å²) in [6, 6.07) is 5.06. The van der Waals surface area contributed by atoms with Gasteiger partial charge in [0.1, 0.15) is 5.75 Å². The van der Waals surface area contributed by atoms with E-state index in [-0.39, 0.29) is 18.2 Å². The van der Waals surface area contributed by atoms with E-state index >= 15 is 0 Å². The second-order valence-electron chi connectivity index (χ2n) is 3.55. The zero-order valence-electron chi connectivity index (χ0n) is 9.11. The molecule has 1 amide bonds. The number of nitrogens with zero attached hydrogens (tertiary/aromatic N) is 1. The molecule has 88 valence electrons. The highest BCUT2D eigenvalue weighted by Gasteiger charge is 2.09. The third-order valence-corrected chi connectivity index (χ3v) is 3.02. The van der Waals surface area contributed by atoms with Gasteiger partial charge in [0.15, 0.2) is 0 Å². The van der Waals surface area contributed by atoms with Crippen LogP contribution in [0, 0.1) is 0 Å². The van der Waals surface area contributed by atoms with Crippen LogP contribution in [0.2, 0.25) is 0 Å². The summed E-state index contributed by atoms with van der Waals surface area (Å²) in [7, 11) is 0. The molecule has 1 rings (SSSR count). The van der Waals surface area contributed by atoms with Crippen LogP contribution in [0.1, 0.15) is 12.5 Å². The van der Waals surface area contributed by atoms with Gasteiger partial charge in [0.05, 0.1) is 6.54 Å². The Morgan fingerprint density at radius 3 is 2.81 bits per heavy atom. The Labute approximate surface area is 103 Å². The number of phenolic OH excluding ortho intramolecular Hbond substituents is 1. The highest BCUT2D eigenvalue weighted by atomic mass is 79.9. The van der Waals surface area contributed by atoms with Gasteiger partial charge < -0.3 is 10.8 Å². The predicted molar refractivity (Wildman–Crippen MR) is 66.0 cm³/mol. The SMILES string of the molecule is CCN(CC(N)=O)Cc1cc(O)ccc1Br. The fraction of sp³-hybridized carbons (Fsp3) is 0.364. The van der Waals surface area contributed by atoms with E-state index in [0.29, 0.717) is 6.54 Å². The summed E-state index contributed by atoms with van der Waals surface area (Å²) >= 11 is 3.40. The molecule has 0 fully saturated rings. The summed E-state index contributed by atoms with van der Waals surface area (Å²) in [5.41, 5.74) is 6.08. The van der Waals surface area contributed by atoms with Crippen molar-refractivity contribution in [1.82, 2.24) is 4.90 Å². The van der Waals surface area contributed by atoms with Crippen LogP contribution in [0.25, 0.3) is 0 Å². The van der Waals surface area contributed by atoms with Gasteiger partial charge in [-0.3, -0.25) is 9.69 Å². The average Bonchev–Trinajstić information content (AvgIpc) is 2.21. The molecule has 4 nitrogen and oxygen atoms in total. The molecule has 0 saturated heterocycles. The lowest BCUT2D eigenvalue weighted by Gasteiger charge is -2.19. The van der Waals surface area contributed by atoms with Crippen molar-refractivity contribution in [1.29, 1.82) is 0 Å². The maximum absolute atomic E-state index is 10.8. The van der Waals surface area contributed by atoms with Gasteiger partial charge >= 0.3 is 0 Å². The number of hydrogen-bond donors (Lipinski definition) is 2. The molecule has 1 aromatic carbocycles. The Bertz CT molecular complexity index is 382. The topological polar surface area (TPSA) is 66.6 Å². The van der Waals surface area contributed by atoms with Crippen molar-refractivity contribution in [3.8, 4) is 5.75 Å². The molecule has 0 aliphatic heterocycles. The van der Waals surface area contributed by atoms with Crippen molar-refractivity contribution < 1.29 is 9.90 Å². The van der Waals surface area contributed by atoms with Gasteiger partial charge in [-0.2, -0.15) is 0 Å². The maximum atomic E-state index is 10.8. The fourth-order valence-electron chi connectivity index (χ4n) is 1.42. The molecular formula is C11H15BrN2O2. The average molecular weight is 287 g/mol. The Kier molecular flexibility index (Phi) is 4.76. The zero-order valence-corrected chi connectivity index (χ0v) is 10.7. The number of carbonyl (C=O) groups excluding carboxylic acids is 1. The van der Waals surface area contributed by atoms with E-state index in [4.69, 9.17) is 5.73 Å². The number of amides is 1. The number of phenols is 1. The lowest BCUT2D eigenvalue weighted by Crippen LogP contribution is -2.33. The molecule has 0 bridgehead atoms. The van der Waals surface area contributed by atoms with Crippen LogP contribution in [-0.4, -0.2) is 29.0 Å². The highest BCUT2D eigenvalue weighted by Crippen LogP contribution is 2.22. The minimum Gasteiger partial charge on any atom is -0.508 e. The molecule has 0 heterocycles. The number of carbonyl (C=O) groups is 1. The Morgan fingerprint density at radius 2 is 2.25 bits per heavy atom. The first kappa shape index (κ1) is 13.0. The summed E-state index contributed by atoms with van der Waals surface area (Å²) in [6.45, 7) is 3.48. The van der Waals surface area contributed by atoms with Gasteiger partial charge in [0, 0.05) is 11.0 Å². The Hall–Kier alpha value is -1.07. The number of rotatable bonds is 5. The molecule has 16 heavy (non-hydrogen) atoms. The summed E-state index contributed by atoms with van der Waals surface area (Å²) in [5, 5.41) is 9.37. The zero-order chi connectivity index (χ0) is 12.1. The number of aromatic hydroxyl groups is 1. The van der Waals surface area contributed by atoms with E-state index in [1.165, 1.54) is 0 Å². The largest absolute Gasteiger partial charge is 0.508 e. The standard InChI is InChI=1S/C11H15BrN2O2/c1-2-14(7-11(13)16)6-8-5-9(15)3-4-10(8)12/h3-5,15H,2,6-7H2,1H3,(H2,13,16). The van der Waals surface area contributed by atoms with Gasteiger partial charge in [-0.05, 0) is 30.3 Å². The molecule has 0 aliphatic carbocycles. The Morgan fingerprint density at radius 1 is 1.56 bits per heavy atom. The number of benzene rings is 1. The molecule has 5 heteroatoms. The summed E-state index contributed by atoms with van der Waals surface area (Å²) < 4.78 is 0.910.